The Hall–Kier alpha value is -3.11. The molecule has 2 heterocycles. The summed E-state index contributed by atoms with van der Waals surface area (Å²) in [4.78, 5) is 16.3. The molecule has 9 heteroatoms. The van der Waals surface area contributed by atoms with Gasteiger partial charge in [0.15, 0.2) is 11.4 Å². The smallest absolute Gasteiger partial charge is 0.411 e. The molecule has 3 atom stereocenters. The highest BCUT2D eigenvalue weighted by Crippen LogP contribution is 2.39. The van der Waals surface area contributed by atoms with Gasteiger partial charge in [0.05, 0.1) is 18.8 Å². The molecule has 1 saturated heterocycles. The highest BCUT2D eigenvalue weighted by molar-refractivity contribution is 7.99. The van der Waals surface area contributed by atoms with E-state index in [1.54, 1.807) is 24.0 Å². The number of thioether (sulfide) groups is 1. The van der Waals surface area contributed by atoms with E-state index in [-0.39, 0.29) is 25.4 Å². The Morgan fingerprint density at radius 3 is 2.83 bits per heavy atom. The topological polar surface area (TPSA) is 94.8 Å². The van der Waals surface area contributed by atoms with Crippen LogP contribution in [0, 0.1) is 0 Å². The number of aryl methyl sites for hydroxylation is 1. The molecule has 1 aliphatic heterocycles. The minimum absolute atomic E-state index is 0.00447. The minimum Gasteiger partial charge on any atom is -0.445 e. The first-order valence-corrected chi connectivity index (χ1v) is 12.3. The lowest BCUT2D eigenvalue weighted by molar-refractivity contribution is -0.245. The van der Waals surface area contributed by atoms with Crippen LogP contribution in [-0.4, -0.2) is 39.2 Å². The summed E-state index contributed by atoms with van der Waals surface area (Å²) < 4.78 is 19.7. The zero-order valence-corrected chi connectivity index (χ0v) is 20.3. The Kier molecular flexibility index (Phi) is 8.59. The summed E-state index contributed by atoms with van der Waals surface area (Å²) in [5.41, 5.74) is 3.23. The third-order valence-electron chi connectivity index (χ3n) is 5.53. The number of aromatic nitrogens is 2. The first-order valence-electron chi connectivity index (χ1n) is 11.3. The van der Waals surface area contributed by atoms with E-state index in [1.807, 2.05) is 60.3 Å². The highest BCUT2D eigenvalue weighted by atomic mass is 32.2. The fourth-order valence-corrected chi connectivity index (χ4v) is 4.68. The molecular weight excluding hydrogens is 466 g/mol. The number of nitrogens with zero attached hydrogens (tertiary/aromatic N) is 2. The first kappa shape index (κ1) is 25.0. The number of amides is 1. The first-order chi connectivity index (χ1) is 17.1. The Labute approximate surface area is 208 Å². The molecule has 3 aromatic rings. The maximum Gasteiger partial charge on any atom is 0.411 e. The summed E-state index contributed by atoms with van der Waals surface area (Å²) >= 11 is 1.64. The maximum absolute atomic E-state index is 12.0. The number of aliphatic hydroxyl groups excluding tert-OH is 1. The molecule has 1 aliphatic rings. The van der Waals surface area contributed by atoms with Crippen LogP contribution in [0.2, 0.25) is 0 Å². The molecule has 0 bridgehead atoms. The number of imidazole rings is 1. The minimum atomic E-state index is -0.621. The number of nitrogens with one attached hydrogen (secondary N) is 1. The van der Waals surface area contributed by atoms with Crippen molar-refractivity contribution in [3.05, 3.63) is 90.3 Å². The molecule has 1 aromatic heterocycles. The van der Waals surface area contributed by atoms with Gasteiger partial charge in [-0.2, -0.15) is 0 Å². The second-order valence-corrected chi connectivity index (χ2v) is 9.11. The largest absolute Gasteiger partial charge is 0.445 e. The van der Waals surface area contributed by atoms with Crippen molar-refractivity contribution in [1.29, 1.82) is 0 Å². The van der Waals surface area contributed by atoms with Gasteiger partial charge in [0.2, 0.25) is 0 Å². The summed E-state index contributed by atoms with van der Waals surface area (Å²) in [6.45, 7) is 3.67. The van der Waals surface area contributed by atoms with Crippen LogP contribution in [0.3, 0.4) is 0 Å². The maximum atomic E-state index is 12.0. The molecule has 0 spiro atoms. The molecule has 0 unspecified atom stereocenters. The molecule has 2 aromatic carbocycles. The van der Waals surface area contributed by atoms with E-state index in [0.29, 0.717) is 17.9 Å². The molecule has 0 aliphatic carbocycles. The Morgan fingerprint density at radius 1 is 1.29 bits per heavy atom. The number of hydrogen-bond donors (Lipinski definition) is 2. The van der Waals surface area contributed by atoms with Gasteiger partial charge in [-0.15, -0.1) is 0 Å². The molecular formula is C26H29N3O5S. The van der Waals surface area contributed by atoms with Gasteiger partial charge in [-0.3, -0.25) is 5.32 Å². The van der Waals surface area contributed by atoms with Crippen molar-refractivity contribution in [1.82, 2.24) is 9.55 Å². The number of ether oxygens (including phenoxy) is 3. The van der Waals surface area contributed by atoms with Crippen LogP contribution in [0.1, 0.15) is 35.5 Å². The Balaban J connectivity index is 1.52. The van der Waals surface area contributed by atoms with Gasteiger partial charge in [-0.25, -0.2) is 9.78 Å². The fourth-order valence-electron chi connectivity index (χ4n) is 3.73. The lowest BCUT2D eigenvalue weighted by Gasteiger charge is -2.36. The van der Waals surface area contributed by atoms with E-state index in [4.69, 9.17) is 14.2 Å². The van der Waals surface area contributed by atoms with E-state index in [9.17, 15) is 9.90 Å². The third-order valence-corrected chi connectivity index (χ3v) is 6.72. The van der Waals surface area contributed by atoms with E-state index < -0.39 is 12.4 Å². The van der Waals surface area contributed by atoms with Gasteiger partial charge in [0.25, 0.3) is 0 Å². The molecule has 1 fully saturated rings. The van der Waals surface area contributed by atoms with Crippen molar-refractivity contribution in [2.75, 3.05) is 17.7 Å². The number of aliphatic hydroxyl groups is 1. The number of rotatable bonds is 9. The van der Waals surface area contributed by atoms with E-state index in [0.717, 1.165) is 21.8 Å². The zero-order chi connectivity index (χ0) is 24.6. The van der Waals surface area contributed by atoms with Gasteiger partial charge in [-0.05, 0) is 23.3 Å². The van der Waals surface area contributed by atoms with Gasteiger partial charge in [0.1, 0.15) is 6.61 Å². The van der Waals surface area contributed by atoms with Crippen molar-refractivity contribution in [3.63, 3.8) is 0 Å². The molecule has 8 nitrogen and oxygen atoms in total. The van der Waals surface area contributed by atoms with Crippen molar-refractivity contribution in [2.45, 2.75) is 36.7 Å². The average Bonchev–Trinajstić information content (AvgIpc) is 3.30. The van der Waals surface area contributed by atoms with E-state index >= 15 is 0 Å². The molecule has 184 valence electrons. The number of anilines is 1. The van der Waals surface area contributed by atoms with Crippen molar-refractivity contribution < 1.29 is 24.1 Å². The standard InChI is InChI=1S/C26H29N3O5S/c1-3-13-32-26(31)28-21-6-4-5-20(14-21)24-33-22(17-35-25-27-11-12-29(25)2)15-23(34-24)19-9-7-18(16-30)8-10-19/h3-12,14,22-24,30H,1,13,15-17H2,2H3,(H,28,31)/t22-,23+,24+/m0/s1. The molecule has 4 rings (SSSR count). The molecule has 2 N–H and O–H groups in total. The monoisotopic (exact) mass is 495 g/mol. The predicted octanol–water partition coefficient (Wildman–Crippen LogP) is 4.98. The van der Waals surface area contributed by atoms with Crippen LogP contribution >= 0.6 is 11.8 Å². The zero-order valence-electron chi connectivity index (χ0n) is 19.5. The second kappa shape index (κ2) is 12.0. The number of hydrogen-bond acceptors (Lipinski definition) is 7. The Bertz CT molecular complexity index is 1130. The normalized spacial score (nSPS) is 19.8. The predicted molar refractivity (Wildman–Crippen MR) is 134 cm³/mol. The van der Waals surface area contributed by atoms with Crippen LogP contribution in [0.25, 0.3) is 0 Å². The summed E-state index contributed by atoms with van der Waals surface area (Å²) in [6, 6.07) is 15.1. The number of benzene rings is 2. The van der Waals surface area contributed by atoms with Gasteiger partial charge >= 0.3 is 6.09 Å². The van der Waals surface area contributed by atoms with Crippen molar-refractivity contribution >= 4 is 23.5 Å². The Morgan fingerprint density at radius 2 is 2.11 bits per heavy atom. The third kappa shape index (κ3) is 6.73. The van der Waals surface area contributed by atoms with Crippen molar-refractivity contribution in [2.24, 2.45) is 7.05 Å². The quantitative estimate of drug-likeness (QED) is 0.319. The number of carbonyl (C=O) groups excluding carboxylic acids is 1. The summed E-state index contributed by atoms with van der Waals surface area (Å²) in [5.74, 6) is 0.710. The van der Waals surface area contributed by atoms with Crippen molar-refractivity contribution in [3.8, 4) is 0 Å². The molecule has 1 amide bonds. The number of carbonyl (C=O) groups is 1. The lowest BCUT2D eigenvalue weighted by atomic mass is 10.0. The van der Waals surface area contributed by atoms with E-state index in [1.165, 1.54) is 6.08 Å². The van der Waals surface area contributed by atoms with Crippen LogP contribution < -0.4 is 5.32 Å². The molecule has 0 saturated carbocycles. The van der Waals surface area contributed by atoms with Crippen LogP contribution in [0.5, 0.6) is 0 Å². The summed E-state index contributed by atoms with van der Waals surface area (Å²) in [5, 5.41) is 13.0. The van der Waals surface area contributed by atoms with Crippen LogP contribution in [-0.2, 0) is 27.9 Å². The van der Waals surface area contributed by atoms with Crippen LogP contribution in [0.4, 0.5) is 10.5 Å². The van der Waals surface area contributed by atoms with Gasteiger partial charge in [-0.1, -0.05) is 60.8 Å². The molecule has 35 heavy (non-hydrogen) atoms. The summed E-state index contributed by atoms with van der Waals surface area (Å²) in [7, 11) is 1.97. The van der Waals surface area contributed by atoms with Crippen LogP contribution in [0.15, 0.2) is 78.7 Å². The van der Waals surface area contributed by atoms with E-state index in [2.05, 4.69) is 16.9 Å². The fraction of sp³-hybridized carbons (Fsp3) is 0.308. The SMILES string of the molecule is C=CCOC(=O)Nc1cccc([C@@H]2O[C@H](CSc3nccn3C)C[C@H](c3ccc(CO)cc3)O2)c1. The summed E-state index contributed by atoms with van der Waals surface area (Å²) in [6.07, 6.45) is 4.42. The van der Waals surface area contributed by atoms with Gasteiger partial charge < -0.3 is 23.9 Å². The second-order valence-electron chi connectivity index (χ2n) is 8.12. The lowest BCUT2D eigenvalue weighted by Crippen LogP contribution is -2.31. The molecule has 0 radical (unpaired) electrons. The average molecular weight is 496 g/mol. The van der Waals surface area contributed by atoms with Gasteiger partial charge in [0, 0.05) is 42.9 Å². The highest BCUT2D eigenvalue weighted by Gasteiger charge is 2.32.